The molecule has 3 rings (SSSR count). The Labute approximate surface area is 113 Å². The van der Waals surface area contributed by atoms with Crippen LogP contribution < -0.4 is 11.4 Å². The van der Waals surface area contributed by atoms with Gasteiger partial charge in [-0.05, 0) is 25.5 Å². The molecule has 1 aromatic carbocycles. The Kier molecular flexibility index (Phi) is 2.53. The highest BCUT2D eigenvalue weighted by Crippen LogP contribution is 2.32. The number of nitrogen functional groups attached to an aromatic ring is 1. The molecule has 0 unspecified atom stereocenters. The molecular weight excluding hydrogens is 260 g/mol. The molecule has 0 aliphatic heterocycles. The van der Waals surface area contributed by atoms with Crippen molar-refractivity contribution in [1.82, 2.24) is 0 Å². The number of para-hydroxylation sites is 1. The van der Waals surface area contributed by atoms with Crippen LogP contribution in [0.25, 0.3) is 21.9 Å². The van der Waals surface area contributed by atoms with Gasteiger partial charge in [-0.1, -0.05) is 17.3 Å². The third-order valence-corrected chi connectivity index (χ3v) is 3.28. The summed E-state index contributed by atoms with van der Waals surface area (Å²) in [6.07, 6.45) is 0. The molecule has 2 heterocycles. The Balaban J connectivity index is 2.58. The number of fused-ring (bicyclic) bond motifs is 3. The Bertz CT molecular complexity index is 918. The fourth-order valence-corrected chi connectivity index (χ4v) is 2.26. The topological polar surface area (TPSA) is 102 Å². The number of benzene rings is 1. The van der Waals surface area contributed by atoms with Crippen molar-refractivity contribution in [2.24, 2.45) is 5.16 Å². The van der Waals surface area contributed by atoms with E-state index >= 15 is 0 Å². The number of hydrogen-bond acceptors (Lipinski definition) is 6. The van der Waals surface area contributed by atoms with Gasteiger partial charge in [0.1, 0.15) is 16.7 Å². The Morgan fingerprint density at radius 1 is 1.30 bits per heavy atom. The van der Waals surface area contributed by atoms with Crippen LogP contribution in [0.4, 0.5) is 5.69 Å². The second-order valence-electron chi connectivity index (χ2n) is 4.58. The molecule has 0 fully saturated rings. The fourth-order valence-electron chi connectivity index (χ4n) is 2.26. The molecule has 0 aliphatic rings. The minimum atomic E-state index is -0.569. The molecule has 0 amide bonds. The summed E-state index contributed by atoms with van der Waals surface area (Å²) in [5, 5.41) is 12.7. The Morgan fingerprint density at radius 2 is 2.05 bits per heavy atom. The summed E-state index contributed by atoms with van der Waals surface area (Å²) < 4.78 is 10.9. The highest BCUT2D eigenvalue weighted by molar-refractivity contribution is 6.12. The van der Waals surface area contributed by atoms with Crippen LogP contribution in [0.1, 0.15) is 18.2 Å². The fraction of sp³-hybridized carbons (Fsp3) is 0.143. The van der Waals surface area contributed by atoms with Gasteiger partial charge in [-0.3, -0.25) is 0 Å². The first kappa shape index (κ1) is 12.3. The smallest absolute Gasteiger partial charge is 0.349 e. The second kappa shape index (κ2) is 4.12. The third-order valence-electron chi connectivity index (χ3n) is 3.28. The normalized spacial score (nSPS) is 12.4. The van der Waals surface area contributed by atoms with E-state index in [1.165, 1.54) is 6.92 Å². The molecule has 3 aromatic rings. The van der Waals surface area contributed by atoms with Crippen LogP contribution in [-0.4, -0.2) is 10.9 Å². The van der Waals surface area contributed by atoms with E-state index in [9.17, 15) is 4.79 Å². The number of nitrogens with two attached hydrogens (primary N) is 1. The Morgan fingerprint density at radius 3 is 2.75 bits per heavy atom. The number of oxime groups is 1. The lowest BCUT2D eigenvalue weighted by Gasteiger charge is -2.00. The van der Waals surface area contributed by atoms with Crippen molar-refractivity contribution >= 4 is 33.3 Å². The van der Waals surface area contributed by atoms with Crippen molar-refractivity contribution in [3.05, 3.63) is 39.9 Å². The number of rotatable bonds is 1. The van der Waals surface area contributed by atoms with Crippen molar-refractivity contribution in [1.29, 1.82) is 0 Å². The number of anilines is 1. The number of aryl methyl sites for hydroxylation is 1. The zero-order valence-electron chi connectivity index (χ0n) is 10.9. The average Bonchev–Trinajstić information content (AvgIpc) is 2.78. The molecule has 0 spiro atoms. The van der Waals surface area contributed by atoms with Gasteiger partial charge in [0.15, 0.2) is 11.3 Å². The molecule has 0 aliphatic carbocycles. The van der Waals surface area contributed by atoms with Crippen molar-refractivity contribution in [3.8, 4) is 0 Å². The maximum atomic E-state index is 12.1. The largest absolute Gasteiger partial charge is 0.451 e. The maximum Gasteiger partial charge on any atom is 0.349 e. The van der Waals surface area contributed by atoms with E-state index in [1.54, 1.807) is 6.07 Å². The highest BCUT2D eigenvalue weighted by Gasteiger charge is 2.21. The molecule has 6 nitrogen and oxygen atoms in total. The molecule has 3 N–H and O–H groups in total. The van der Waals surface area contributed by atoms with Gasteiger partial charge in [-0.2, -0.15) is 0 Å². The molecule has 6 heteroatoms. The van der Waals surface area contributed by atoms with E-state index in [1.807, 2.05) is 19.1 Å². The minimum absolute atomic E-state index is 0.118. The molecule has 102 valence electrons. The van der Waals surface area contributed by atoms with Gasteiger partial charge in [-0.15, -0.1) is 0 Å². The van der Waals surface area contributed by atoms with E-state index in [0.717, 1.165) is 5.56 Å². The van der Waals surface area contributed by atoms with Crippen LogP contribution in [0.5, 0.6) is 0 Å². The second-order valence-corrected chi connectivity index (χ2v) is 4.58. The summed E-state index contributed by atoms with van der Waals surface area (Å²) >= 11 is 0. The monoisotopic (exact) mass is 272 g/mol. The third kappa shape index (κ3) is 1.51. The first-order valence-electron chi connectivity index (χ1n) is 5.98. The summed E-state index contributed by atoms with van der Waals surface area (Å²) in [6, 6.07) is 5.46. The average molecular weight is 272 g/mol. The minimum Gasteiger partial charge on any atom is -0.451 e. The van der Waals surface area contributed by atoms with Gasteiger partial charge in [0, 0.05) is 0 Å². The van der Waals surface area contributed by atoms with E-state index in [2.05, 4.69) is 5.16 Å². The zero-order chi connectivity index (χ0) is 14.4. The summed E-state index contributed by atoms with van der Waals surface area (Å²) in [4.78, 5) is 12.1. The standard InChI is InChI=1S/C14H12N2O4/c1-6-4-3-5-8-11(6)20-14(17)9-10(15)12(7(2)16-18)19-13(8)9/h3-5,18H,15H2,1-2H3/b16-7+. The van der Waals surface area contributed by atoms with Crippen LogP contribution in [0.2, 0.25) is 0 Å². The van der Waals surface area contributed by atoms with E-state index < -0.39 is 5.63 Å². The molecule has 0 bridgehead atoms. The number of hydrogen-bond donors (Lipinski definition) is 2. The number of nitrogens with zero attached hydrogens (tertiary/aromatic N) is 1. The van der Waals surface area contributed by atoms with Gasteiger partial charge in [0.2, 0.25) is 0 Å². The molecule has 0 saturated carbocycles. The first-order chi connectivity index (χ1) is 9.54. The molecule has 0 radical (unpaired) electrons. The lowest BCUT2D eigenvalue weighted by molar-refractivity contribution is 0.318. The quantitative estimate of drug-likeness (QED) is 0.307. The van der Waals surface area contributed by atoms with Crippen LogP contribution in [-0.2, 0) is 0 Å². The van der Waals surface area contributed by atoms with Crippen molar-refractivity contribution < 1.29 is 14.0 Å². The van der Waals surface area contributed by atoms with E-state index in [0.29, 0.717) is 16.6 Å². The van der Waals surface area contributed by atoms with Crippen LogP contribution in [0.15, 0.2) is 37.0 Å². The van der Waals surface area contributed by atoms with Gasteiger partial charge in [0.25, 0.3) is 0 Å². The SMILES string of the molecule is C/C(=N\O)c1oc2c(c1N)c(=O)oc1c(C)cccc12. The van der Waals surface area contributed by atoms with Gasteiger partial charge < -0.3 is 19.8 Å². The molecular formula is C14H12N2O4. The predicted octanol–water partition coefficient (Wildman–Crippen LogP) is 2.63. The van der Waals surface area contributed by atoms with Crippen molar-refractivity contribution in [3.63, 3.8) is 0 Å². The van der Waals surface area contributed by atoms with Crippen LogP contribution in [0.3, 0.4) is 0 Å². The Hall–Kier alpha value is -2.76. The lowest BCUT2D eigenvalue weighted by atomic mass is 10.1. The first-order valence-corrected chi connectivity index (χ1v) is 5.98. The molecule has 20 heavy (non-hydrogen) atoms. The summed E-state index contributed by atoms with van der Waals surface area (Å²) in [5.41, 5.74) is 7.27. The lowest BCUT2D eigenvalue weighted by Crippen LogP contribution is -2.03. The maximum absolute atomic E-state index is 12.1. The van der Waals surface area contributed by atoms with Gasteiger partial charge >= 0.3 is 5.63 Å². The number of furan rings is 1. The van der Waals surface area contributed by atoms with Gasteiger partial charge in [0.05, 0.1) is 11.1 Å². The van der Waals surface area contributed by atoms with E-state index in [4.69, 9.17) is 19.8 Å². The van der Waals surface area contributed by atoms with Crippen LogP contribution >= 0.6 is 0 Å². The summed E-state index contributed by atoms with van der Waals surface area (Å²) in [5.74, 6) is 0.170. The van der Waals surface area contributed by atoms with Crippen molar-refractivity contribution in [2.75, 3.05) is 5.73 Å². The molecule has 0 atom stereocenters. The predicted molar refractivity (Wildman–Crippen MR) is 75.4 cm³/mol. The highest BCUT2D eigenvalue weighted by atomic mass is 16.4. The summed E-state index contributed by atoms with van der Waals surface area (Å²) in [7, 11) is 0. The van der Waals surface area contributed by atoms with Crippen molar-refractivity contribution in [2.45, 2.75) is 13.8 Å². The van der Waals surface area contributed by atoms with Gasteiger partial charge in [-0.25, -0.2) is 4.79 Å². The zero-order valence-corrected chi connectivity index (χ0v) is 10.9. The molecule has 0 saturated heterocycles. The molecule has 2 aromatic heterocycles. The van der Waals surface area contributed by atoms with Crippen LogP contribution in [0, 0.1) is 6.92 Å². The van der Waals surface area contributed by atoms with E-state index in [-0.39, 0.29) is 22.5 Å². The summed E-state index contributed by atoms with van der Waals surface area (Å²) in [6.45, 7) is 3.37.